The molecule has 188 valence electrons. The molecule has 2 aliphatic carbocycles. The Morgan fingerprint density at radius 1 is 0.700 bits per heavy atom. The van der Waals surface area contributed by atoms with Gasteiger partial charge in [0, 0.05) is 42.3 Å². The summed E-state index contributed by atoms with van der Waals surface area (Å²) in [7, 11) is 0. The van der Waals surface area contributed by atoms with E-state index in [0.717, 1.165) is 28.1 Å². The van der Waals surface area contributed by atoms with E-state index in [0.29, 0.717) is 0 Å². The molecule has 0 fully saturated rings. The maximum absolute atomic E-state index is 5.34. The van der Waals surface area contributed by atoms with Crippen molar-refractivity contribution in [1.82, 2.24) is 9.97 Å². The number of fused-ring (bicyclic) bond motifs is 9. The van der Waals surface area contributed by atoms with Crippen molar-refractivity contribution in [2.24, 2.45) is 5.92 Å². The van der Waals surface area contributed by atoms with Crippen LogP contribution < -0.4 is 14.7 Å². The number of allylic oxidation sites excluding steroid dienone is 3. The van der Waals surface area contributed by atoms with E-state index in [9.17, 15) is 0 Å². The normalized spacial score (nSPS) is 18.6. The molecule has 6 aromatic rings. The fourth-order valence-electron chi connectivity index (χ4n) is 6.77. The molecule has 0 spiro atoms. The zero-order valence-electron chi connectivity index (χ0n) is 21.5. The van der Waals surface area contributed by atoms with Gasteiger partial charge in [-0.3, -0.25) is 0 Å². The summed E-state index contributed by atoms with van der Waals surface area (Å²) < 4.78 is 2.72. The predicted octanol–water partition coefficient (Wildman–Crippen LogP) is 7.14. The van der Waals surface area contributed by atoms with Crippen LogP contribution in [0.5, 0.6) is 0 Å². The molecular formula is C36H23N3S. The van der Waals surface area contributed by atoms with E-state index >= 15 is 0 Å². The van der Waals surface area contributed by atoms with Crippen LogP contribution >= 0.6 is 11.3 Å². The number of rotatable bonds is 2. The Labute approximate surface area is 235 Å². The van der Waals surface area contributed by atoms with Crippen LogP contribution in [0.4, 0.5) is 11.6 Å². The molecule has 3 nitrogen and oxygen atoms in total. The van der Waals surface area contributed by atoms with Gasteiger partial charge in [-0.15, -0.1) is 11.3 Å². The number of nitrogens with zero attached hydrogens (tertiary/aromatic N) is 3. The largest absolute Gasteiger partial charge is 0.301 e. The minimum atomic E-state index is 0.0592. The van der Waals surface area contributed by atoms with Crippen LogP contribution in [0.15, 0.2) is 127 Å². The average Bonchev–Trinajstić information content (AvgIpc) is 3.58. The molecular weight excluding hydrogens is 506 g/mol. The van der Waals surface area contributed by atoms with Crippen molar-refractivity contribution < 1.29 is 0 Å². The van der Waals surface area contributed by atoms with E-state index < -0.39 is 0 Å². The van der Waals surface area contributed by atoms with Gasteiger partial charge in [0.15, 0.2) is 0 Å². The van der Waals surface area contributed by atoms with Crippen molar-refractivity contribution in [3.8, 4) is 11.3 Å². The lowest BCUT2D eigenvalue weighted by Crippen LogP contribution is -2.45. The van der Waals surface area contributed by atoms with E-state index in [2.05, 4.69) is 132 Å². The van der Waals surface area contributed by atoms with Crippen molar-refractivity contribution in [3.05, 3.63) is 143 Å². The lowest BCUT2D eigenvalue weighted by atomic mass is 9.79. The van der Waals surface area contributed by atoms with Crippen molar-refractivity contribution in [2.45, 2.75) is 6.04 Å². The molecule has 0 bridgehead atoms. The Bertz CT molecular complexity index is 2190. The van der Waals surface area contributed by atoms with Crippen LogP contribution in [-0.4, -0.2) is 16.0 Å². The van der Waals surface area contributed by atoms with Gasteiger partial charge in [0.1, 0.15) is 0 Å². The third-order valence-corrected chi connectivity index (χ3v) is 9.63. The van der Waals surface area contributed by atoms with Crippen LogP contribution in [-0.2, 0) is 0 Å². The molecule has 4 heteroatoms. The molecule has 0 radical (unpaired) electrons. The maximum atomic E-state index is 5.34. The number of hydrogen-bond donors (Lipinski definition) is 0. The van der Waals surface area contributed by atoms with Crippen molar-refractivity contribution in [2.75, 3.05) is 4.90 Å². The Hall–Kier alpha value is -4.80. The number of hydrogen-bond acceptors (Lipinski definition) is 4. The van der Waals surface area contributed by atoms with Gasteiger partial charge in [0.05, 0.1) is 22.9 Å². The predicted molar refractivity (Wildman–Crippen MR) is 166 cm³/mol. The maximum Gasteiger partial charge on any atom is 0.231 e. The van der Waals surface area contributed by atoms with Gasteiger partial charge < -0.3 is 4.90 Å². The summed E-state index contributed by atoms with van der Waals surface area (Å²) >= 11 is 1.91. The van der Waals surface area contributed by atoms with Gasteiger partial charge in [0.25, 0.3) is 0 Å². The van der Waals surface area contributed by atoms with Crippen LogP contribution in [0, 0.1) is 5.92 Å². The van der Waals surface area contributed by atoms with Crippen molar-refractivity contribution in [1.29, 1.82) is 0 Å². The zero-order valence-corrected chi connectivity index (χ0v) is 22.3. The first kappa shape index (κ1) is 22.1. The lowest BCUT2D eigenvalue weighted by Gasteiger charge is -2.35. The molecule has 40 heavy (non-hydrogen) atoms. The monoisotopic (exact) mass is 529 g/mol. The first-order valence-corrected chi connectivity index (χ1v) is 14.5. The average molecular weight is 530 g/mol. The van der Waals surface area contributed by atoms with Crippen LogP contribution in [0.2, 0.25) is 0 Å². The van der Waals surface area contributed by atoms with Crippen LogP contribution in [0.25, 0.3) is 43.4 Å². The summed E-state index contributed by atoms with van der Waals surface area (Å²) in [6, 6.07) is 36.6. The highest BCUT2D eigenvalue weighted by molar-refractivity contribution is 7.17. The summed E-state index contributed by atoms with van der Waals surface area (Å²) in [6.07, 6.45) is 9.05. The van der Waals surface area contributed by atoms with E-state index in [1.807, 2.05) is 11.3 Å². The molecule has 0 N–H and O–H groups in total. The Morgan fingerprint density at radius 2 is 1.48 bits per heavy atom. The summed E-state index contributed by atoms with van der Waals surface area (Å²) in [4.78, 5) is 13.0. The second kappa shape index (κ2) is 8.35. The number of thiophene rings is 1. The quantitative estimate of drug-likeness (QED) is 0.239. The Morgan fingerprint density at radius 3 is 2.40 bits per heavy atom. The third kappa shape index (κ3) is 3.00. The Balaban J connectivity index is 1.40. The number of para-hydroxylation sites is 2. The Kier molecular flexibility index (Phi) is 4.60. The summed E-state index contributed by atoms with van der Waals surface area (Å²) in [5.74, 6) is 0.943. The zero-order chi connectivity index (χ0) is 26.2. The summed E-state index contributed by atoms with van der Waals surface area (Å²) in [6.45, 7) is 0. The van der Waals surface area contributed by atoms with Crippen molar-refractivity contribution >= 4 is 55.1 Å². The summed E-state index contributed by atoms with van der Waals surface area (Å²) in [5.41, 5.74) is 8.23. The van der Waals surface area contributed by atoms with E-state index in [4.69, 9.17) is 9.97 Å². The minimum Gasteiger partial charge on any atom is -0.301 e. The first-order chi connectivity index (χ1) is 19.9. The molecule has 2 unspecified atom stereocenters. The second-order valence-electron chi connectivity index (χ2n) is 10.5. The van der Waals surface area contributed by atoms with Gasteiger partial charge >= 0.3 is 0 Å². The fourth-order valence-corrected chi connectivity index (χ4v) is 8.06. The lowest BCUT2D eigenvalue weighted by molar-refractivity contribution is 0.695. The molecule has 2 aromatic heterocycles. The smallest absolute Gasteiger partial charge is 0.231 e. The van der Waals surface area contributed by atoms with E-state index in [1.54, 1.807) is 0 Å². The first-order valence-electron chi connectivity index (χ1n) is 13.7. The molecule has 9 rings (SSSR count). The van der Waals surface area contributed by atoms with Gasteiger partial charge in [0.2, 0.25) is 5.95 Å². The van der Waals surface area contributed by atoms with Crippen molar-refractivity contribution in [3.63, 3.8) is 0 Å². The van der Waals surface area contributed by atoms with Gasteiger partial charge in [-0.25, -0.2) is 9.97 Å². The second-order valence-corrected chi connectivity index (χ2v) is 11.6. The van der Waals surface area contributed by atoms with E-state index in [-0.39, 0.29) is 12.0 Å². The molecule has 1 aliphatic heterocycles. The molecule has 0 saturated carbocycles. The standard InChI is InChI=1S/C36H23N3S/c1-2-12-22(13-3-1)33-25-16-6-9-19-28(25)37-36(38-33)39-29-20-10-7-17-26(29)31-32-27-18-8-11-21-30(27)40-35(32)24-15-5-4-14-23(24)34(31)39/h1-21,23,34H. The molecule has 3 aliphatic rings. The van der Waals surface area contributed by atoms with Gasteiger partial charge in [-0.05, 0) is 29.3 Å². The van der Waals surface area contributed by atoms with Gasteiger partial charge in [-0.2, -0.15) is 0 Å². The molecule has 3 heterocycles. The SMILES string of the molecule is C1=CC2=c3sc4ccccc4c3=C3c4ccccc4N(c4nc(-c5ccccc5)c5ccccc5n4)C3C2C=C1. The minimum absolute atomic E-state index is 0.0592. The highest BCUT2D eigenvalue weighted by Gasteiger charge is 2.44. The summed E-state index contributed by atoms with van der Waals surface area (Å²) in [5, 5.41) is 3.77. The van der Waals surface area contributed by atoms with Crippen LogP contribution in [0.3, 0.4) is 0 Å². The van der Waals surface area contributed by atoms with Crippen LogP contribution in [0.1, 0.15) is 5.56 Å². The molecule has 0 amide bonds. The molecule has 4 aromatic carbocycles. The highest BCUT2D eigenvalue weighted by atomic mass is 32.1. The number of aromatic nitrogens is 2. The van der Waals surface area contributed by atoms with E-state index in [1.165, 1.54) is 42.2 Å². The molecule has 2 atom stereocenters. The fraction of sp³-hybridized carbons (Fsp3) is 0.0556. The van der Waals surface area contributed by atoms with Gasteiger partial charge in [-0.1, -0.05) is 109 Å². The highest BCUT2D eigenvalue weighted by Crippen LogP contribution is 2.49. The number of anilines is 2. The topological polar surface area (TPSA) is 29.0 Å². The third-order valence-electron chi connectivity index (χ3n) is 8.41. The number of benzene rings is 4. The molecule has 0 saturated heterocycles.